The zero-order valence-electron chi connectivity index (χ0n) is 16.7. The largest absolute Gasteiger partial charge is 0.328 e. The highest BCUT2D eigenvalue weighted by Gasteiger charge is 2.21. The van der Waals surface area contributed by atoms with E-state index in [0.29, 0.717) is 22.4 Å². The van der Waals surface area contributed by atoms with Crippen molar-refractivity contribution in [2.24, 2.45) is 0 Å². The molecule has 0 saturated heterocycles. The van der Waals surface area contributed by atoms with Crippen LogP contribution in [0.5, 0.6) is 0 Å². The monoisotopic (exact) mass is 404 g/mol. The van der Waals surface area contributed by atoms with Gasteiger partial charge in [-0.3, -0.25) is 4.48 Å². The first-order valence-electron chi connectivity index (χ1n) is 9.23. The first-order chi connectivity index (χ1) is 13.6. The standard InChI is InChI=1S/C22H22F4N3/c1-5-6-13-7-16(23)20(17(24)8-13)14-9-18(25)21(19(26)10-14)15-11-27-22(28-12-15)29(2,3)4/h7-12H,5-6H2,1-4H3/q+1. The lowest BCUT2D eigenvalue weighted by atomic mass is 9.97. The van der Waals surface area contributed by atoms with Gasteiger partial charge in [0.15, 0.2) is 0 Å². The van der Waals surface area contributed by atoms with E-state index in [1.165, 1.54) is 24.5 Å². The van der Waals surface area contributed by atoms with Crippen LogP contribution in [-0.2, 0) is 6.42 Å². The number of hydrogen-bond acceptors (Lipinski definition) is 2. The van der Waals surface area contributed by atoms with Crippen LogP contribution in [0.25, 0.3) is 22.3 Å². The summed E-state index contributed by atoms with van der Waals surface area (Å²) in [6, 6.07) is 4.24. The van der Waals surface area contributed by atoms with E-state index < -0.39 is 28.8 Å². The van der Waals surface area contributed by atoms with E-state index in [1.54, 1.807) is 0 Å². The number of rotatable bonds is 5. The zero-order chi connectivity index (χ0) is 21.3. The quantitative estimate of drug-likeness (QED) is 0.414. The average Bonchev–Trinajstić information content (AvgIpc) is 2.60. The molecule has 0 aliphatic rings. The fourth-order valence-electron chi connectivity index (χ4n) is 3.12. The maximum atomic E-state index is 14.7. The number of nitrogens with zero attached hydrogens (tertiary/aromatic N) is 3. The van der Waals surface area contributed by atoms with Crippen LogP contribution in [0.1, 0.15) is 18.9 Å². The van der Waals surface area contributed by atoms with Crippen LogP contribution in [0.2, 0.25) is 0 Å². The number of benzene rings is 2. The van der Waals surface area contributed by atoms with Gasteiger partial charge in [-0.15, -0.1) is 0 Å². The molecule has 1 heterocycles. The van der Waals surface area contributed by atoms with Crippen molar-refractivity contribution < 1.29 is 17.6 Å². The van der Waals surface area contributed by atoms with Crippen molar-refractivity contribution in [3.05, 3.63) is 65.5 Å². The van der Waals surface area contributed by atoms with Crippen LogP contribution in [0.3, 0.4) is 0 Å². The minimum atomic E-state index is -0.946. The molecule has 0 aliphatic carbocycles. The number of aromatic nitrogens is 2. The topological polar surface area (TPSA) is 25.8 Å². The van der Waals surface area contributed by atoms with Gasteiger partial charge in [0.1, 0.15) is 23.3 Å². The van der Waals surface area contributed by atoms with Crippen molar-refractivity contribution in [1.29, 1.82) is 0 Å². The second-order valence-corrected chi connectivity index (χ2v) is 7.78. The van der Waals surface area contributed by atoms with Crippen molar-refractivity contribution >= 4 is 5.95 Å². The highest BCUT2D eigenvalue weighted by molar-refractivity contribution is 5.72. The second-order valence-electron chi connectivity index (χ2n) is 7.78. The van der Waals surface area contributed by atoms with E-state index in [2.05, 4.69) is 9.97 Å². The zero-order valence-corrected chi connectivity index (χ0v) is 16.7. The van der Waals surface area contributed by atoms with Crippen LogP contribution in [0.15, 0.2) is 36.7 Å². The van der Waals surface area contributed by atoms with Crippen molar-refractivity contribution in [3.8, 4) is 22.3 Å². The Balaban J connectivity index is 2.05. The van der Waals surface area contributed by atoms with Crippen molar-refractivity contribution in [3.63, 3.8) is 0 Å². The minimum absolute atomic E-state index is 0.142. The highest BCUT2D eigenvalue weighted by atomic mass is 19.1. The smallest absolute Gasteiger partial charge is 0.264 e. The van der Waals surface area contributed by atoms with Crippen molar-refractivity contribution in [1.82, 2.24) is 14.5 Å². The molecule has 0 N–H and O–H groups in total. The Morgan fingerprint density at radius 3 is 1.62 bits per heavy atom. The number of aryl methyl sites for hydroxylation is 1. The summed E-state index contributed by atoms with van der Waals surface area (Å²) in [7, 11) is 5.58. The van der Waals surface area contributed by atoms with Gasteiger partial charge >= 0.3 is 5.95 Å². The summed E-state index contributed by atoms with van der Waals surface area (Å²) in [5, 5.41) is 0. The molecule has 3 nitrogen and oxygen atoms in total. The van der Waals surface area contributed by atoms with Gasteiger partial charge in [-0.2, -0.15) is 9.97 Å². The normalized spacial score (nSPS) is 11.7. The van der Waals surface area contributed by atoms with Gasteiger partial charge in [-0.25, -0.2) is 17.6 Å². The van der Waals surface area contributed by atoms with E-state index in [4.69, 9.17) is 0 Å². The molecule has 29 heavy (non-hydrogen) atoms. The molecule has 2 aromatic carbocycles. The molecular formula is C22H22F4N3+. The molecule has 0 atom stereocenters. The lowest BCUT2D eigenvalue weighted by Crippen LogP contribution is -2.36. The Labute approximate surface area is 167 Å². The molecule has 0 saturated carbocycles. The second kappa shape index (κ2) is 7.91. The Hall–Kier alpha value is -2.80. The van der Waals surface area contributed by atoms with Gasteiger partial charge in [-0.05, 0) is 41.8 Å². The molecule has 0 spiro atoms. The number of hydrogen-bond donors (Lipinski definition) is 0. The molecule has 0 radical (unpaired) electrons. The Kier molecular flexibility index (Phi) is 5.71. The summed E-state index contributed by atoms with van der Waals surface area (Å²) in [4.78, 5) is 8.30. The third-order valence-electron chi connectivity index (χ3n) is 4.50. The molecule has 152 valence electrons. The van der Waals surface area contributed by atoms with E-state index in [-0.39, 0.29) is 16.7 Å². The molecule has 3 rings (SSSR count). The molecule has 0 fully saturated rings. The lowest BCUT2D eigenvalue weighted by Gasteiger charge is -2.20. The summed E-state index contributed by atoms with van der Waals surface area (Å²) < 4.78 is 58.7. The number of quaternary nitrogens is 1. The SMILES string of the molecule is CCCc1cc(F)c(-c2cc(F)c(-c3cnc([N+](C)(C)C)nc3)c(F)c2)c(F)c1. The van der Waals surface area contributed by atoms with Crippen LogP contribution in [0, 0.1) is 23.3 Å². The van der Waals surface area contributed by atoms with E-state index >= 15 is 0 Å². The first kappa shape index (κ1) is 20.9. The summed E-state index contributed by atoms with van der Waals surface area (Å²) in [5.74, 6) is -3.12. The highest BCUT2D eigenvalue weighted by Crippen LogP contribution is 2.34. The molecule has 0 unspecified atom stereocenters. The van der Waals surface area contributed by atoms with Gasteiger partial charge in [0.25, 0.3) is 0 Å². The predicted molar refractivity (Wildman–Crippen MR) is 106 cm³/mol. The fourth-order valence-corrected chi connectivity index (χ4v) is 3.12. The third kappa shape index (κ3) is 4.29. The summed E-state index contributed by atoms with van der Waals surface area (Å²) in [6.45, 7) is 1.89. The minimum Gasteiger partial charge on any atom is -0.264 e. The number of halogens is 4. The molecule has 3 aromatic rings. The van der Waals surface area contributed by atoms with E-state index in [0.717, 1.165) is 18.6 Å². The van der Waals surface area contributed by atoms with Crippen LogP contribution < -0.4 is 4.48 Å². The molecule has 0 amide bonds. The van der Waals surface area contributed by atoms with Crippen molar-refractivity contribution in [2.45, 2.75) is 19.8 Å². The Morgan fingerprint density at radius 2 is 1.17 bits per heavy atom. The van der Waals surface area contributed by atoms with E-state index in [1.807, 2.05) is 28.1 Å². The van der Waals surface area contributed by atoms with Crippen LogP contribution >= 0.6 is 0 Å². The molecule has 0 aliphatic heterocycles. The maximum Gasteiger partial charge on any atom is 0.328 e. The van der Waals surface area contributed by atoms with Gasteiger partial charge in [-0.1, -0.05) is 13.3 Å². The average molecular weight is 404 g/mol. The lowest BCUT2D eigenvalue weighted by molar-refractivity contribution is 0.458. The van der Waals surface area contributed by atoms with Gasteiger partial charge in [0.05, 0.1) is 32.3 Å². The maximum absolute atomic E-state index is 14.7. The van der Waals surface area contributed by atoms with Gasteiger partial charge < -0.3 is 0 Å². The Morgan fingerprint density at radius 1 is 0.724 bits per heavy atom. The fraction of sp³-hybridized carbons (Fsp3) is 0.273. The van der Waals surface area contributed by atoms with Gasteiger partial charge in [0, 0.05) is 18.0 Å². The molecular weight excluding hydrogens is 382 g/mol. The predicted octanol–water partition coefficient (Wildman–Crippen LogP) is 5.52. The van der Waals surface area contributed by atoms with Gasteiger partial charge in [0.2, 0.25) is 0 Å². The third-order valence-corrected chi connectivity index (χ3v) is 4.50. The van der Waals surface area contributed by atoms with Crippen LogP contribution in [0.4, 0.5) is 23.5 Å². The summed E-state index contributed by atoms with van der Waals surface area (Å²) >= 11 is 0. The van der Waals surface area contributed by atoms with Crippen molar-refractivity contribution in [2.75, 3.05) is 21.1 Å². The first-order valence-corrected chi connectivity index (χ1v) is 9.23. The molecule has 0 bridgehead atoms. The summed E-state index contributed by atoms with van der Waals surface area (Å²) in [6.07, 6.45) is 3.89. The summed E-state index contributed by atoms with van der Waals surface area (Å²) in [5.41, 5.74) is -0.358. The van der Waals surface area contributed by atoms with E-state index in [9.17, 15) is 17.6 Å². The molecule has 1 aromatic heterocycles. The Bertz CT molecular complexity index is 995. The van der Waals surface area contributed by atoms with Crippen LogP contribution in [-0.4, -0.2) is 31.1 Å². The molecule has 7 heteroatoms.